The molecule has 0 radical (unpaired) electrons. The van der Waals surface area contributed by atoms with E-state index in [9.17, 15) is 13.2 Å². The predicted octanol–water partition coefficient (Wildman–Crippen LogP) is 0.418. The van der Waals surface area contributed by atoms with Crippen molar-refractivity contribution < 1.29 is 18.3 Å². The van der Waals surface area contributed by atoms with E-state index in [1.807, 2.05) is 0 Å². The number of carbonyl (C=O) groups is 1. The highest BCUT2D eigenvalue weighted by atomic mass is 35.7. The zero-order valence-corrected chi connectivity index (χ0v) is 6.82. The zero-order valence-electron chi connectivity index (χ0n) is 5.24. The average Bonchev–Trinajstić information content (AvgIpc) is 1.60. The zero-order chi connectivity index (χ0) is 8.36. The van der Waals surface area contributed by atoms with Gasteiger partial charge in [0.25, 0.3) is 0 Å². The highest BCUT2D eigenvalue weighted by Crippen LogP contribution is 2.10. The van der Waals surface area contributed by atoms with Crippen LogP contribution in [0.15, 0.2) is 0 Å². The van der Waals surface area contributed by atoms with Crippen molar-refractivity contribution >= 4 is 25.7 Å². The normalized spacial score (nSPS) is 14.6. The van der Waals surface area contributed by atoms with Gasteiger partial charge in [0.05, 0.1) is 0 Å². The van der Waals surface area contributed by atoms with E-state index in [2.05, 4.69) is 0 Å². The smallest absolute Gasteiger partial charge is 0.323 e. The van der Waals surface area contributed by atoms with Crippen LogP contribution in [0, 0.1) is 0 Å². The van der Waals surface area contributed by atoms with Gasteiger partial charge in [-0.05, 0) is 6.42 Å². The van der Waals surface area contributed by atoms with Crippen molar-refractivity contribution in [3.63, 3.8) is 0 Å². The van der Waals surface area contributed by atoms with Crippen LogP contribution in [-0.2, 0) is 13.8 Å². The monoisotopic (exact) mass is 186 g/mol. The van der Waals surface area contributed by atoms with Gasteiger partial charge in [0.15, 0.2) is 5.25 Å². The first-order valence-corrected chi connectivity index (χ1v) is 4.93. The fourth-order valence-corrected chi connectivity index (χ4v) is 1.74. The Morgan fingerprint density at radius 1 is 1.70 bits per heavy atom. The molecule has 4 nitrogen and oxygen atoms in total. The number of hydrogen-bond donors (Lipinski definition) is 1. The standard InChI is InChI=1S/C4H7ClO4S/c1-2-3(4(6)7)10(5,8)9/h3H,2H2,1H3,(H,6,7)/t3-/m0/s1. The van der Waals surface area contributed by atoms with E-state index in [1.165, 1.54) is 6.92 Å². The van der Waals surface area contributed by atoms with E-state index >= 15 is 0 Å². The molecule has 0 aromatic heterocycles. The summed E-state index contributed by atoms with van der Waals surface area (Å²) in [4.78, 5) is 10.1. The van der Waals surface area contributed by atoms with Crippen molar-refractivity contribution in [2.24, 2.45) is 0 Å². The fraction of sp³-hybridized carbons (Fsp3) is 0.750. The SMILES string of the molecule is CC[C@@H](C(=O)O)S(=O)(=O)Cl. The second kappa shape index (κ2) is 3.21. The molecule has 0 aromatic rings. The predicted molar refractivity (Wildman–Crippen MR) is 36.5 cm³/mol. The minimum atomic E-state index is -3.94. The molecule has 6 heteroatoms. The second-order valence-electron chi connectivity index (χ2n) is 1.71. The van der Waals surface area contributed by atoms with Gasteiger partial charge in [0.1, 0.15) is 0 Å². The van der Waals surface area contributed by atoms with E-state index in [-0.39, 0.29) is 6.42 Å². The maximum atomic E-state index is 10.4. The third-order valence-electron chi connectivity index (χ3n) is 0.986. The Balaban J connectivity index is 4.55. The first kappa shape index (κ1) is 9.71. The summed E-state index contributed by atoms with van der Waals surface area (Å²) < 4.78 is 20.8. The number of rotatable bonds is 3. The number of carboxylic acids is 1. The Morgan fingerprint density at radius 3 is 2.10 bits per heavy atom. The first-order chi connectivity index (χ1) is 4.39. The van der Waals surface area contributed by atoms with Crippen LogP contribution in [0.1, 0.15) is 13.3 Å². The van der Waals surface area contributed by atoms with Gasteiger partial charge in [0.2, 0.25) is 9.05 Å². The Labute approximate surface area is 63.2 Å². The molecular weight excluding hydrogens is 180 g/mol. The van der Waals surface area contributed by atoms with Gasteiger partial charge in [0, 0.05) is 10.7 Å². The van der Waals surface area contributed by atoms with E-state index in [1.54, 1.807) is 0 Å². The molecule has 0 unspecified atom stereocenters. The summed E-state index contributed by atoms with van der Waals surface area (Å²) in [5, 5.41) is 6.77. The minimum absolute atomic E-state index is 0.0127. The lowest BCUT2D eigenvalue weighted by Crippen LogP contribution is -2.25. The summed E-state index contributed by atoms with van der Waals surface area (Å²) in [6.07, 6.45) is -0.0127. The van der Waals surface area contributed by atoms with Gasteiger partial charge in [-0.2, -0.15) is 0 Å². The molecule has 0 aliphatic rings. The maximum absolute atomic E-state index is 10.4. The summed E-state index contributed by atoms with van der Waals surface area (Å²) in [6, 6.07) is 0. The summed E-state index contributed by atoms with van der Waals surface area (Å²) in [5.41, 5.74) is 0. The molecule has 0 heterocycles. The molecule has 1 N–H and O–H groups in total. The van der Waals surface area contributed by atoms with Crippen molar-refractivity contribution in [3.05, 3.63) is 0 Å². The van der Waals surface area contributed by atoms with Crippen LogP contribution in [-0.4, -0.2) is 24.7 Å². The number of aliphatic carboxylic acids is 1. The minimum Gasteiger partial charge on any atom is -0.480 e. The van der Waals surface area contributed by atoms with E-state index in [0.717, 1.165) is 0 Å². The number of halogens is 1. The lowest BCUT2D eigenvalue weighted by molar-refractivity contribution is -0.136. The number of carboxylic acid groups (broad SMARTS) is 1. The number of hydrogen-bond acceptors (Lipinski definition) is 3. The van der Waals surface area contributed by atoms with Crippen LogP contribution in [0.25, 0.3) is 0 Å². The molecular formula is C4H7ClO4S. The largest absolute Gasteiger partial charge is 0.480 e. The van der Waals surface area contributed by atoms with Gasteiger partial charge in [-0.3, -0.25) is 4.79 Å². The van der Waals surface area contributed by atoms with Gasteiger partial charge in [-0.25, -0.2) is 8.42 Å². The lowest BCUT2D eigenvalue weighted by Gasteiger charge is -2.02. The third kappa shape index (κ3) is 2.53. The van der Waals surface area contributed by atoms with Crippen LogP contribution in [0.3, 0.4) is 0 Å². The Morgan fingerprint density at radius 2 is 2.10 bits per heavy atom. The molecule has 0 spiro atoms. The summed E-state index contributed by atoms with van der Waals surface area (Å²) in [5.74, 6) is -1.41. The van der Waals surface area contributed by atoms with Crippen molar-refractivity contribution in [1.29, 1.82) is 0 Å². The van der Waals surface area contributed by atoms with Crippen molar-refractivity contribution in [1.82, 2.24) is 0 Å². The third-order valence-corrected chi connectivity index (χ3v) is 2.85. The highest BCUT2D eigenvalue weighted by molar-refractivity contribution is 8.14. The molecule has 0 aromatic carbocycles. The van der Waals surface area contributed by atoms with Gasteiger partial charge < -0.3 is 5.11 Å². The van der Waals surface area contributed by atoms with Crippen LogP contribution in [0.4, 0.5) is 0 Å². The molecule has 60 valence electrons. The maximum Gasteiger partial charge on any atom is 0.323 e. The topological polar surface area (TPSA) is 71.4 Å². The van der Waals surface area contributed by atoms with Gasteiger partial charge in [-0.1, -0.05) is 6.92 Å². The summed E-state index contributed by atoms with van der Waals surface area (Å²) >= 11 is 0. The Bertz CT molecular complexity index is 219. The van der Waals surface area contributed by atoms with Crippen LogP contribution in [0.2, 0.25) is 0 Å². The van der Waals surface area contributed by atoms with Crippen molar-refractivity contribution in [3.8, 4) is 0 Å². The quantitative estimate of drug-likeness (QED) is 0.649. The summed E-state index contributed by atoms with van der Waals surface area (Å²) in [7, 11) is 0.844. The average molecular weight is 187 g/mol. The first-order valence-electron chi connectivity index (χ1n) is 2.56. The molecule has 0 aliphatic carbocycles. The second-order valence-corrected chi connectivity index (χ2v) is 4.52. The van der Waals surface area contributed by atoms with Crippen LogP contribution >= 0.6 is 10.7 Å². The van der Waals surface area contributed by atoms with Gasteiger partial charge in [-0.15, -0.1) is 0 Å². The lowest BCUT2D eigenvalue weighted by atomic mass is 10.3. The Kier molecular flexibility index (Phi) is 3.11. The van der Waals surface area contributed by atoms with Crippen LogP contribution in [0.5, 0.6) is 0 Å². The Hall–Kier alpha value is -0.290. The van der Waals surface area contributed by atoms with Crippen molar-refractivity contribution in [2.75, 3.05) is 0 Å². The van der Waals surface area contributed by atoms with Gasteiger partial charge >= 0.3 is 5.97 Å². The van der Waals surface area contributed by atoms with Crippen molar-refractivity contribution in [2.45, 2.75) is 18.6 Å². The van der Waals surface area contributed by atoms with E-state index in [4.69, 9.17) is 15.8 Å². The molecule has 0 fully saturated rings. The molecule has 1 atom stereocenters. The van der Waals surface area contributed by atoms with E-state index < -0.39 is 20.3 Å². The summed E-state index contributed by atoms with van der Waals surface area (Å²) in [6.45, 7) is 1.44. The molecule has 0 saturated heterocycles. The molecule has 0 saturated carbocycles. The molecule has 0 bridgehead atoms. The molecule has 0 amide bonds. The van der Waals surface area contributed by atoms with Crippen LogP contribution < -0.4 is 0 Å². The van der Waals surface area contributed by atoms with E-state index in [0.29, 0.717) is 0 Å². The molecule has 0 aliphatic heterocycles. The molecule has 0 rings (SSSR count). The highest BCUT2D eigenvalue weighted by Gasteiger charge is 2.28. The fourth-order valence-electron chi connectivity index (χ4n) is 0.494. The molecule has 10 heavy (non-hydrogen) atoms.